The number of benzene rings is 1. The van der Waals surface area contributed by atoms with Gasteiger partial charge in [-0.05, 0) is 54.3 Å². The maximum Gasteiger partial charge on any atom is 0.159 e. The van der Waals surface area contributed by atoms with E-state index in [1.165, 1.54) is 16.8 Å². The number of aryl methyl sites for hydroxylation is 1. The number of hydrogen-bond donors (Lipinski definition) is 1. The molecule has 4 aromatic rings. The Morgan fingerprint density at radius 3 is 2.70 bits per heavy atom. The van der Waals surface area contributed by atoms with Gasteiger partial charge >= 0.3 is 0 Å². The third-order valence-electron chi connectivity index (χ3n) is 5.02. The summed E-state index contributed by atoms with van der Waals surface area (Å²) in [6.45, 7) is 0. The Bertz CT molecular complexity index is 1160. The number of nitrogens with one attached hydrogen (secondary N) is 1. The lowest BCUT2D eigenvalue weighted by atomic mass is 10.1. The largest absolute Gasteiger partial charge is 0.452 e. The third kappa shape index (κ3) is 2.68. The fourth-order valence-electron chi connectivity index (χ4n) is 3.71. The second kappa shape index (κ2) is 6.36. The molecule has 0 radical (unpaired) electrons. The van der Waals surface area contributed by atoms with Gasteiger partial charge in [-0.15, -0.1) is 0 Å². The van der Waals surface area contributed by atoms with Gasteiger partial charge in [-0.3, -0.25) is 15.0 Å². The molecule has 0 amide bonds. The zero-order chi connectivity index (χ0) is 18.2. The summed E-state index contributed by atoms with van der Waals surface area (Å²) in [6.07, 6.45) is 9.11. The van der Waals surface area contributed by atoms with Crippen LogP contribution in [0.1, 0.15) is 17.5 Å². The van der Waals surface area contributed by atoms with Crippen LogP contribution < -0.4 is 5.32 Å². The van der Waals surface area contributed by atoms with E-state index in [4.69, 9.17) is 4.42 Å². The number of anilines is 2. The average molecular weight is 354 g/mol. The van der Waals surface area contributed by atoms with Crippen LogP contribution in [0.25, 0.3) is 22.3 Å². The van der Waals surface area contributed by atoms with Gasteiger partial charge in [0.1, 0.15) is 0 Å². The van der Waals surface area contributed by atoms with Crippen molar-refractivity contribution in [2.75, 3.05) is 12.4 Å². The quantitative estimate of drug-likeness (QED) is 0.562. The molecule has 1 aliphatic rings. The number of hydrogen-bond acceptors (Lipinski definition) is 5. The summed E-state index contributed by atoms with van der Waals surface area (Å²) >= 11 is 0. The first-order chi connectivity index (χ1) is 13.3. The van der Waals surface area contributed by atoms with Crippen molar-refractivity contribution in [2.45, 2.75) is 12.8 Å². The van der Waals surface area contributed by atoms with Gasteiger partial charge in [0.25, 0.3) is 0 Å². The van der Waals surface area contributed by atoms with Gasteiger partial charge in [0.05, 0.1) is 11.9 Å². The number of aliphatic imine (C=N–C) groups is 1. The molecule has 0 atom stereocenters. The summed E-state index contributed by atoms with van der Waals surface area (Å²) in [4.78, 5) is 12.7. The molecule has 3 aromatic heterocycles. The van der Waals surface area contributed by atoms with Crippen molar-refractivity contribution in [1.82, 2.24) is 9.97 Å². The molecular weight excluding hydrogens is 336 g/mol. The smallest absolute Gasteiger partial charge is 0.159 e. The number of fused-ring (bicyclic) bond motifs is 2. The fraction of sp³-hybridized carbons (Fsp3) is 0.136. The minimum atomic E-state index is 0.758. The van der Waals surface area contributed by atoms with Gasteiger partial charge in [0.15, 0.2) is 11.3 Å². The fourth-order valence-corrected chi connectivity index (χ4v) is 3.71. The van der Waals surface area contributed by atoms with Crippen LogP contribution >= 0.6 is 0 Å². The highest BCUT2D eigenvalue weighted by Gasteiger charge is 2.19. The molecule has 0 unspecified atom stereocenters. The van der Waals surface area contributed by atoms with Crippen molar-refractivity contribution >= 4 is 28.1 Å². The van der Waals surface area contributed by atoms with Crippen LogP contribution in [0.2, 0.25) is 0 Å². The number of furan rings is 1. The first-order valence-electron chi connectivity index (χ1n) is 8.96. The molecule has 0 bridgehead atoms. The Morgan fingerprint density at radius 1 is 1.00 bits per heavy atom. The SMILES string of the molecule is CN=C1CCc2cc(Nc3c(-c4ccncc4)oc4cnccc34)ccc21. The molecular formula is C22H18N4O. The van der Waals surface area contributed by atoms with Gasteiger partial charge in [-0.1, -0.05) is 6.07 Å². The minimum absolute atomic E-state index is 0.758. The Hall–Kier alpha value is -3.47. The van der Waals surface area contributed by atoms with E-state index in [0.717, 1.165) is 46.5 Å². The molecule has 0 spiro atoms. The normalized spacial score (nSPS) is 14.6. The Labute approximate surface area is 156 Å². The van der Waals surface area contributed by atoms with E-state index < -0.39 is 0 Å². The van der Waals surface area contributed by atoms with Crippen LogP contribution in [0.5, 0.6) is 0 Å². The molecule has 132 valence electrons. The molecule has 5 heteroatoms. The maximum atomic E-state index is 6.11. The highest BCUT2D eigenvalue weighted by Crippen LogP contribution is 2.39. The van der Waals surface area contributed by atoms with E-state index in [-0.39, 0.29) is 0 Å². The van der Waals surface area contributed by atoms with Crippen LogP contribution in [0, 0.1) is 0 Å². The lowest BCUT2D eigenvalue weighted by Gasteiger charge is -2.09. The van der Waals surface area contributed by atoms with E-state index in [0.29, 0.717) is 0 Å². The molecule has 27 heavy (non-hydrogen) atoms. The molecule has 5 rings (SSSR count). The summed E-state index contributed by atoms with van der Waals surface area (Å²) in [6, 6.07) is 12.3. The van der Waals surface area contributed by atoms with Gasteiger partial charge in [0, 0.05) is 48.0 Å². The second-order valence-corrected chi connectivity index (χ2v) is 6.58. The van der Waals surface area contributed by atoms with E-state index in [1.807, 2.05) is 25.2 Å². The van der Waals surface area contributed by atoms with Gasteiger partial charge in [0.2, 0.25) is 0 Å². The predicted molar refractivity (Wildman–Crippen MR) is 108 cm³/mol. The number of rotatable bonds is 3. The monoisotopic (exact) mass is 354 g/mol. The summed E-state index contributed by atoms with van der Waals surface area (Å²) in [5.41, 5.74) is 7.51. The minimum Gasteiger partial charge on any atom is -0.452 e. The molecule has 3 heterocycles. The summed E-state index contributed by atoms with van der Waals surface area (Å²) in [7, 11) is 1.86. The maximum absolute atomic E-state index is 6.11. The van der Waals surface area contributed by atoms with Crippen molar-refractivity contribution in [1.29, 1.82) is 0 Å². The van der Waals surface area contributed by atoms with Crippen molar-refractivity contribution in [3.8, 4) is 11.3 Å². The molecule has 0 fully saturated rings. The Balaban J connectivity index is 1.61. The first-order valence-corrected chi connectivity index (χ1v) is 8.96. The molecule has 0 saturated carbocycles. The molecule has 0 saturated heterocycles. The molecule has 0 aliphatic heterocycles. The molecule has 1 aliphatic carbocycles. The lowest BCUT2D eigenvalue weighted by molar-refractivity contribution is 0.631. The Kier molecular flexibility index (Phi) is 3.71. The topological polar surface area (TPSA) is 63.3 Å². The van der Waals surface area contributed by atoms with Crippen molar-refractivity contribution in [3.05, 3.63) is 72.3 Å². The first kappa shape index (κ1) is 15.8. The predicted octanol–water partition coefficient (Wildman–Crippen LogP) is 5.00. The molecule has 1 N–H and O–H groups in total. The van der Waals surface area contributed by atoms with Crippen LogP contribution in [0.3, 0.4) is 0 Å². The van der Waals surface area contributed by atoms with Crippen molar-refractivity contribution in [2.24, 2.45) is 4.99 Å². The summed E-state index contributed by atoms with van der Waals surface area (Å²) < 4.78 is 6.11. The van der Waals surface area contributed by atoms with Crippen LogP contribution in [-0.2, 0) is 6.42 Å². The Morgan fingerprint density at radius 2 is 1.85 bits per heavy atom. The van der Waals surface area contributed by atoms with E-state index in [9.17, 15) is 0 Å². The summed E-state index contributed by atoms with van der Waals surface area (Å²) in [5, 5.41) is 4.58. The average Bonchev–Trinajstić information content (AvgIpc) is 3.30. The highest BCUT2D eigenvalue weighted by atomic mass is 16.3. The number of aromatic nitrogens is 2. The molecule has 5 nitrogen and oxygen atoms in total. The van der Waals surface area contributed by atoms with E-state index in [2.05, 4.69) is 38.5 Å². The summed E-state index contributed by atoms with van der Waals surface area (Å²) in [5.74, 6) is 0.789. The second-order valence-electron chi connectivity index (χ2n) is 6.58. The van der Waals surface area contributed by atoms with E-state index in [1.54, 1.807) is 24.8 Å². The van der Waals surface area contributed by atoms with E-state index >= 15 is 0 Å². The van der Waals surface area contributed by atoms with Crippen LogP contribution in [0.15, 0.2) is 70.6 Å². The van der Waals surface area contributed by atoms with Crippen molar-refractivity contribution < 1.29 is 4.42 Å². The van der Waals surface area contributed by atoms with Gasteiger partial charge in [-0.25, -0.2) is 0 Å². The van der Waals surface area contributed by atoms with Crippen molar-refractivity contribution in [3.63, 3.8) is 0 Å². The van der Waals surface area contributed by atoms with Gasteiger partial charge in [-0.2, -0.15) is 0 Å². The lowest BCUT2D eigenvalue weighted by Crippen LogP contribution is -1.96. The molecule has 1 aromatic carbocycles. The third-order valence-corrected chi connectivity index (χ3v) is 5.02. The highest BCUT2D eigenvalue weighted by molar-refractivity contribution is 6.05. The zero-order valence-corrected chi connectivity index (χ0v) is 14.9. The number of pyridine rings is 2. The van der Waals surface area contributed by atoms with Crippen LogP contribution in [0.4, 0.5) is 11.4 Å². The van der Waals surface area contributed by atoms with Crippen LogP contribution in [-0.4, -0.2) is 22.7 Å². The van der Waals surface area contributed by atoms with Gasteiger partial charge < -0.3 is 9.73 Å². The standard InChI is InChI=1S/C22H18N4O/c1-23-19-5-2-15-12-16(3-4-17(15)19)26-21-18-8-11-25-13-20(18)27-22(21)14-6-9-24-10-7-14/h3-4,6-13,26H,2,5H2,1H3. The zero-order valence-electron chi connectivity index (χ0n) is 14.9. The number of nitrogens with zero attached hydrogens (tertiary/aromatic N) is 3.